The molecule has 1 aromatic heterocycles. The van der Waals surface area contributed by atoms with Crippen LogP contribution in [0.25, 0.3) is 0 Å². The van der Waals surface area contributed by atoms with Crippen LogP contribution in [0, 0.1) is 5.92 Å². The lowest BCUT2D eigenvalue weighted by Crippen LogP contribution is -2.47. The topological polar surface area (TPSA) is 36.4 Å². The van der Waals surface area contributed by atoms with Crippen LogP contribution in [-0.4, -0.2) is 29.8 Å². The molecule has 0 radical (unpaired) electrons. The largest absolute Gasteiger partial charge is 0.396 e. The highest BCUT2D eigenvalue weighted by molar-refractivity contribution is 5.40. The van der Waals surface area contributed by atoms with Crippen molar-refractivity contribution in [2.75, 3.05) is 24.6 Å². The first-order chi connectivity index (χ1) is 6.40. The molecule has 3 nitrogen and oxygen atoms in total. The molecule has 70 valence electrons. The molecule has 0 bridgehead atoms. The Morgan fingerprint density at radius 2 is 2.31 bits per heavy atom. The number of nitrogens with zero attached hydrogens (tertiary/aromatic N) is 2. The average Bonchev–Trinajstić information content (AvgIpc) is 2.12. The Bertz CT molecular complexity index is 257. The minimum atomic E-state index is 0.306. The van der Waals surface area contributed by atoms with Crippen molar-refractivity contribution < 1.29 is 5.11 Å². The third kappa shape index (κ3) is 1.80. The van der Waals surface area contributed by atoms with Gasteiger partial charge in [0.15, 0.2) is 0 Å². The van der Waals surface area contributed by atoms with Crippen LogP contribution in [0.4, 0.5) is 5.82 Å². The van der Waals surface area contributed by atoms with Gasteiger partial charge in [-0.3, -0.25) is 0 Å². The number of hydrogen-bond acceptors (Lipinski definition) is 3. The van der Waals surface area contributed by atoms with E-state index in [2.05, 4.69) is 9.88 Å². The molecule has 1 aliphatic rings. The highest BCUT2D eigenvalue weighted by Crippen LogP contribution is 2.23. The number of anilines is 1. The lowest BCUT2D eigenvalue weighted by Gasteiger charge is -2.39. The van der Waals surface area contributed by atoms with Crippen LogP contribution in [0.3, 0.4) is 0 Å². The number of hydrogen-bond donors (Lipinski definition) is 1. The van der Waals surface area contributed by atoms with Crippen LogP contribution in [0.1, 0.15) is 6.42 Å². The SMILES string of the molecule is OCCC1CN(c2ccccn2)C1. The zero-order valence-electron chi connectivity index (χ0n) is 7.56. The second kappa shape index (κ2) is 3.75. The van der Waals surface area contributed by atoms with Crippen LogP contribution in [-0.2, 0) is 0 Å². The lowest BCUT2D eigenvalue weighted by molar-refractivity contribution is 0.238. The Labute approximate surface area is 78.0 Å². The molecule has 1 aliphatic heterocycles. The van der Waals surface area contributed by atoms with Crippen molar-refractivity contribution in [2.24, 2.45) is 5.92 Å². The maximum absolute atomic E-state index is 8.72. The molecule has 2 heterocycles. The molecule has 0 aromatic carbocycles. The highest BCUT2D eigenvalue weighted by atomic mass is 16.3. The van der Waals surface area contributed by atoms with Crippen molar-refractivity contribution in [2.45, 2.75) is 6.42 Å². The van der Waals surface area contributed by atoms with E-state index in [9.17, 15) is 0 Å². The smallest absolute Gasteiger partial charge is 0.128 e. The predicted molar refractivity (Wildman–Crippen MR) is 51.6 cm³/mol. The fourth-order valence-electron chi connectivity index (χ4n) is 1.66. The van der Waals surface area contributed by atoms with Gasteiger partial charge in [-0.1, -0.05) is 6.07 Å². The van der Waals surface area contributed by atoms with Crippen LogP contribution in [0.5, 0.6) is 0 Å². The number of aliphatic hydroxyl groups excluding tert-OH is 1. The first-order valence-electron chi connectivity index (χ1n) is 4.67. The molecule has 3 heteroatoms. The van der Waals surface area contributed by atoms with Gasteiger partial charge in [0.1, 0.15) is 5.82 Å². The van der Waals surface area contributed by atoms with Gasteiger partial charge in [-0.25, -0.2) is 4.98 Å². The summed E-state index contributed by atoms with van der Waals surface area (Å²) < 4.78 is 0. The molecule has 0 atom stereocenters. The molecular formula is C10H14N2O. The number of aliphatic hydroxyl groups is 1. The quantitative estimate of drug-likeness (QED) is 0.747. The van der Waals surface area contributed by atoms with Gasteiger partial charge in [0.25, 0.3) is 0 Å². The maximum Gasteiger partial charge on any atom is 0.128 e. The van der Waals surface area contributed by atoms with E-state index in [1.165, 1.54) is 0 Å². The van der Waals surface area contributed by atoms with Gasteiger partial charge in [-0.2, -0.15) is 0 Å². The van der Waals surface area contributed by atoms with Gasteiger partial charge < -0.3 is 10.0 Å². The zero-order chi connectivity index (χ0) is 9.10. The Balaban J connectivity index is 1.87. The van der Waals surface area contributed by atoms with E-state index in [1.54, 1.807) is 0 Å². The summed E-state index contributed by atoms with van der Waals surface area (Å²) in [7, 11) is 0. The van der Waals surface area contributed by atoms with Crippen LogP contribution in [0.15, 0.2) is 24.4 Å². The molecule has 13 heavy (non-hydrogen) atoms. The Morgan fingerprint density at radius 1 is 1.46 bits per heavy atom. The fraction of sp³-hybridized carbons (Fsp3) is 0.500. The summed E-state index contributed by atoms with van der Waals surface area (Å²) in [5.74, 6) is 1.71. The Hall–Kier alpha value is -1.09. The predicted octanol–water partition coefficient (Wildman–Crippen LogP) is 0.900. The molecule has 0 saturated carbocycles. The van der Waals surface area contributed by atoms with Crippen molar-refractivity contribution in [3.05, 3.63) is 24.4 Å². The molecule has 1 fully saturated rings. The molecular weight excluding hydrogens is 164 g/mol. The standard InChI is InChI=1S/C10H14N2O/c13-6-4-9-7-12(8-9)10-3-1-2-5-11-10/h1-3,5,9,13H,4,6-8H2. The van der Waals surface area contributed by atoms with Gasteiger partial charge in [-0.05, 0) is 24.5 Å². The molecule has 0 amide bonds. The van der Waals surface area contributed by atoms with Crippen molar-refractivity contribution in [1.29, 1.82) is 0 Å². The maximum atomic E-state index is 8.72. The third-order valence-electron chi connectivity index (χ3n) is 2.47. The van der Waals surface area contributed by atoms with Gasteiger partial charge in [0, 0.05) is 25.9 Å². The molecule has 1 saturated heterocycles. The second-order valence-electron chi connectivity index (χ2n) is 3.47. The Kier molecular flexibility index (Phi) is 2.45. The van der Waals surface area contributed by atoms with E-state index in [4.69, 9.17) is 5.11 Å². The van der Waals surface area contributed by atoms with E-state index in [0.29, 0.717) is 12.5 Å². The highest BCUT2D eigenvalue weighted by Gasteiger charge is 2.26. The molecule has 2 rings (SSSR count). The van der Waals surface area contributed by atoms with Crippen LogP contribution >= 0.6 is 0 Å². The zero-order valence-corrected chi connectivity index (χ0v) is 7.56. The summed E-state index contributed by atoms with van der Waals surface area (Å²) in [6, 6.07) is 5.95. The minimum Gasteiger partial charge on any atom is -0.396 e. The minimum absolute atomic E-state index is 0.306. The van der Waals surface area contributed by atoms with Gasteiger partial charge in [0.2, 0.25) is 0 Å². The molecule has 1 aromatic rings. The van der Waals surface area contributed by atoms with E-state index < -0.39 is 0 Å². The number of rotatable bonds is 3. The second-order valence-corrected chi connectivity index (χ2v) is 3.47. The molecule has 1 N–H and O–H groups in total. The van der Waals surface area contributed by atoms with E-state index >= 15 is 0 Å². The van der Waals surface area contributed by atoms with Crippen molar-refractivity contribution in [1.82, 2.24) is 4.98 Å². The summed E-state index contributed by atoms with van der Waals surface area (Å²) >= 11 is 0. The van der Waals surface area contributed by atoms with Crippen molar-refractivity contribution in [3.8, 4) is 0 Å². The number of pyridine rings is 1. The van der Waals surface area contributed by atoms with Gasteiger partial charge >= 0.3 is 0 Å². The number of aromatic nitrogens is 1. The van der Waals surface area contributed by atoms with Crippen LogP contribution in [0.2, 0.25) is 0 Å². The lowest BCUT2D eigenvalue weighted by atomic mass is 9.97. The summed E-state index contributed by atoms with van der Waals surface area (Å²) in [5.41, 5.74) is 0. The van der Waals surface area contributed by atoms with Crippen LogP contribution < -0.4 is 4.90 Å². The van der Waals surface area contributed by atoms with Gasteiger partial charge in [0.05, 0.1) is 0 Å². The van der Waals surface area contributed by atoms with Crippen molar-refractivity contribution in [3.63, 3.8) is 0 Å². The first-order valence-corrected chi connectivity index (χ1v) is 4.67. The molecule has 0 unspecified atom stereocenters. The van der Waals surface area contributed by atoms with E-state index in [0.717, 1.165) is 25.3 Å². The van der Waals surface area contributed by atoms with Gasteiger partial charge in [-0.15, -0.1) is 0 Å². The molecule has 0 spiro atoms. The first kappa shape index (κ1) is 8.51. The summed E-state index contributed by atoms with van der Waals surface area (Å²) in [5, 5.41) is 8.72. The third-order valence-corrected chi connectivity index (χ3v) is 2.47. The van der Waals surface area contributed by atoms with E-state index in [-0.39, 0.29) is 0 Å². The van der Waals surface area contributed by atoms with Crippen molar-refractivity contribution >= 4 is 5.82 Å². The summed E-state index contributed by atoms with van der Waals surface area (Å²) in [4.78, 5) is 6.50. The summed E-state index contributed by atoms with van der Waals surface area (Å²) in [6.07, 6.45) is 2.73. The molecule has 0 aliphatic carbocycles. The normalized spacial score (nSPS) is 17.2. The Morgan fingerprint density at radius 3 is 2.92 bits per heavy atom. The summed E-state index contributed by atoms with van der Waals surface area (Å²) in [6.45, 7) is 2.38. The average molecular weight is 178 g/mol. The monoisotopic (exact) mass is 178 g/mol. The van der Waals surface area contributed by atoms with E-state index in [1.807, 2.05) is 24.4 Å². The fourth-order valence-corrected chi connectivity index (χ4v) is 1.66.